The minimum atomic E-state index is 0.898. The zero-order valence-corrected chi connectivity index (χ0v) is 16.2. The fourth-order valence-corrected chi connectivity index (χ4v) is 4.16. The summed E-state index contributed by atoms with van der Waals surface area (Å²) < 4.78 is 0. The van der Waals surface area contributed by atoms with E-state index in [0.29, 0.717) is 0 Å². The second-order valence-electron chi connectivity index (χ2n) is 7.86. The van der Waals surface area contributed by atoms with Crippen molar-refractivity contribution in [3.05, 3.63) is 59.2 Å². The van der Waals surface area contributed by atoms with Gasteiger partial charge in [-0.3, -0.25) is 0 Å². The van der Waals surface area contributed by atoms with Crippen molar-refractivity contribution >= 4 is 0 Å². The van der Waals surface area contributed by atoms with Crippen molar-refractivity contribution in [2.75, 3.05) is 0 Å². The van der Waals surface area contributed by atoms with Crippen LogP contribution in [0.3, 0.4) is 0 Å². The van der Waals surface area contributed by atoms with Gasteiger partial charge >= 0.3 is 0 Å². The molecule has 0 heteroatoms. The Kier molecular flexibility index (Phi) is 6.73. The molecule has 1 aliphatic carbocycles. The van der Waals surface area contributed by atoms with Gasteiger partial charge < -0.3 is 0 Å². The Bertz CT molecular complexity index is 650. The van der Waals surface area contributed by atoms with E-state index < -0.39 is 0 Å². The third kappa shape index (κ3) is 4.97. The van der Waals surface area contributed by atoms with Gasteiger partial charge in [0.2, 0.25) is 0 Å². The van der Waals surface area contributed by atoms with E-state index in [1.165, 1.54) is 80.9 Å². The van der Waals surface area contributed by atoms with Crippen LogP contribution in [0.2, 0.25) is 0 Å². The summed E-state index contributed by atoms with van der Waals surface area (Å²) in [6, 6.07) is 16.5. The number of hydrogen-bond acceptors (Lipinski definition) is 0. The first-order chi connectivity index (χ1) is 12.3. The lowest BCUT2D eigenvalue weighted by molar-refractivity contribution is 0.445. The lowest BCUT2D eigenvalue weighted by Gasteiger charge is -2.24. The highest BCUT2D eigenvalue weighted by atomic mass is 14.2. The van der Waals surface area contributed by atoms with E-state index in [1.54, 1.807) is 11.1 Å². The van der Waals surface area contributed by atoms with E-state index in [4.69, 9.17) is 0 Å². The zero-order valence-electron chi connectivity index (χ0n) is 16.2. The number of aryl methyl sites for hydroxylation is 2. The molecule has 1 atom stereocenters. The van der Waals surface area contributed by atoms with Crippen molar-refractivity contribution in [3.63, 3.8) is 0 Å². The average molecular weight is 335 g/mol. The normalized spacial score (nSPS) is 16.6. The zero-order chi connectivity index (χ0) is 17.5. The minimum absolute atomic E-state index is 0.898. The van der Waals surface area contributed by atoms with E-state index in [1.807, 2.05) is 0 Å². The van der Waals surface area contributed by atoms with E-state index >= 15 is 0 Å². The molecule has 0 bridgehead atoms. The predicted octanol–water partition coefficient (Wildman–Crippen LogP) is 7.38. The van der Waals surface area contributed by atoms with Gasteiger partial charge in [0.25, 0.3) is 0 Å². The van der Waals surface area contributed by atoms with Crippen LogP contribution in [0.25, 0.3) is 11.1 Å². The highest BCUT2D eigenvalue weighted by Gasteiger charge is 2.17. The van der Waals surface area contributed by atoms with Crippen LogP contribution in [-0.2, 0) is 19.3 Å². The van der Waals surface area contributed by atoms with E-state index in [-0.39, 0.29) is 0 Å². The van der Waals surface area contributed by atoms with Crippen LogP contribution in [0.4, 0.5) is 0 Å². The van der Waals surface area contributed by atoms with Gasteiger partial charge in [0, 0.05) is 0 Å². The summed E-state index contributed by atoms with van der Waals surface area (Å²) in [5, 5.41) is 0. The maximum absolute atomic E-state index is 2.45. The van der Waals surface area contributed by atoms with E-state index in [9.17, 15) is 0 Å². The van der Waals surface area contributed by atoms with Crippen molar-refractivity contribution in [1.29, 1.82) is 0 Å². The number of hydrogen-bond donors (Lipinski definition) is 0. The van der Waals surface area contributed by atoms with Gasteiger partial charge in [0.15, 0.2) is 0 Å². The molecule has 2 aromatic carbocycles. The fraction of sp³-hybridized carbons (Fsp3) is 0.520. The van der Waals surface area contributed by atoms with Gasteiger partial charge in [-0.25, -0.2) is 0 Å². The van der Waals surface area contributed by atoms with E-state index in [2.05, 4.69) is 56.3 Å². The minimum Gasteiger partial charge on any atom is -0.0654 e. The Morgan fingerprint density at radius 1 is 0.800 bits per heavy atom. The van der Waals surface area contributed by atoms with Gasteiger partial charge in [0.05, 0.1) is 0 Å². The van der Waals surface area contributed by atoms with Crippen molar-refractivity contribution in [2.45, 2.75) is 78.1 Å². The molecule has 0 spiro atoms. The van der Waals surface area contributed by atoms with E-state index in [0.717, 1.165) is 5.92 Å². The maximum atomic E-state index is 2.45. The fourth-order valence-electron chi connectivity index (χ4n) is 4.16. The van der Waals surface area contributed by atoms with Crippen LogP contribution in [0, 0.1) is 5.92 Å². The molecule has 0 N–H and O–H groups in total. The van der Waals surface area contributed by atoms with Crippen molar-refractivity contribution in [2.24, 2.45) is 5.92 Å². The Hall–Kier alpha value is -1.56. The van der Waals surface area contributed by atoms with Crippen LogP contribution in [0.15, 0.2) is 42.5 Å². The first kappa shape index (κ1) is 18.2. The Morgan fingerprint density at radius 2 is 1.56 bits per heavy atom. The summed E-state index contributed by atoms with van der Waals surface area (Å²) in [7, 11) is 0. The molecule has 25 heavy (non-hydrogen) atoms. The smallest absolute Gasteiger partial charge is 0.0181 e. The average Bonchev–Trinajstić information content (AvgIpc) is 2.67. The highest BCUT2D eigenvalue weighted by Crippen LogP contribution is 2.31. The summed E-state index contributed by atoms with van der Waals surface area (Å²) in [5.74, 6) is 0.898. The van der Waals surface area contributed by atoms with Crippen LogP contribution in [-0.4, -0.2) is 0 Å². The van der Waals surface area contributed by atoms with Gasteiger partial charge in [-0.05, 0) is 65.8 Å². The third-order valence-corrected chi connectivity index (χ3v) is 5.97. The number of fused-ring (bicyclic) bond motifs is 1. The summed E-state index contributed by atoms with van der Waals surface area (Å²) in [6.45, 7) is 4.61. The summed E-state index contributed by atoms with van der Waals surface area (Å²) in [4.78, 5) is 0. The molecule has 0 heterocycles. The SMILES string of the molecule is CCCCCCCc1ccc(-c2ccc3c(c2)CCC(CC)C3)cc1. The second-order valence-corrected chi connectivity index (χ2v) is 7.86. The molecule has 0 fully saturated rings. The Balaban J connectivity index is 1.61. The predicted molar refractivity (Wildman–Crippen MR) is 110 cm³/mol. The molecule has 0 radical (unpaired) electrons. The molecule has 0 aromatic heterocycles. The Morgan fingerprint density at radius 3 is 2.32 bits per heavy atom. The molecule has 0 aliphatic heterocycles. The van der Waals surface area contributed by atoms with Crippen LogP contribution in [0.5, 0.6) is 0 Å². The molecule has 1 unspecified atom stereocenters. The van der Waals surface area contributed by atoms with Gasteiger partial charge in [-0.1, -0.05) is 88.4 Å². The summed E-state index contributed by atoms with van der Waals surface area (Å²) >= 11 is 0. The molecule has 0 amide bonds. The molecule has 1 aliphatic rings. The topological polar surface area (TPSA) is 0 Å². The molecular weight excluding hydrogens is 300 g/mol. The molecule has 2 aromatic rings. The maximum Gasteiger partial charge on any atom is -0.0181 e. The summed E-state index contributed by atoms with van der Waals surface area (Å²) in [6.07, 6.45) is 13.3. The first-order valence-corrected chi connectivity index (χ1v) is 10.5. The van der Waals surface area contributed by atoms with Crippen LogP contribution >= 0.6 is 0 Å². The lowest BCUT2D eigenvalue weighted by Crippen LogP contribution is -2.13. The van der Waals surface area contributed by atoms with Gasteiger partial charge in [-0.15, -0.1) is 0 Å². The molecule has 0 saturated carbocycles. The van der Waals surface area contributed by atoms with Crippen LogP contribution < -0.4 is 0 Å². The molecule has 0 saturated heterocycles. The monoisotopic (exact) mass is 334 g/mol. The third-order valence-electron chi connectivity index (χ3n) is 5.97. The number of benzene rings is 2. The molecular formula is C25H34. The first-order valence-electron chi connectivity index (χ1n) is 10.5. The van der Waals surface area contributed by atoms with Crippen LogP contribution in [0.1, 0.15) is 75.5 Å². The second kappa shape index (κ2) is 9.22. The summed E-state index contributed by atoms with van der Waals surface area (Å²) in [5.41, 5.74) is 7.43. The molecule has 134 valence electrons. The highest BCUT2D eigenvalue weighted by molar-refractivity contribution is 5.65. The standard InChI is InChI=1S/C25H34/c1-3-5-6-7-8-9-21-11-13-22(14-12-21)24-17-16-23-18-20(4-2)10-15-25(23)19-24/h11-14,16-17,19-20H,3-10,15,18H2,1-2H3. The van der Waals surface area contributed by atoms with Crippen molar-refractivity contribution < 1.29 is 0 Å². The molecule has 3 rings (SSSR count). The quantitative estimate of drug-likeness (QED) is 0.442. The number of unbranched alkanes of at least 4 members (excludes halogenated alkanes) is 4. The molecule has 0 nitrogen and oxygen atoms in total. The van der Waals surface area contributed by atoms with Crippen molar-refractivity contribution in [1.82, 2.24) is 0 Å². The lowest BCUT2D eigenvalue weighted by atomic mass is 9.81. The van der Waals surface area contributed by atoms with Gasteiger partial charge in [-0.2, -0.15) is 0 Å². The number of rotatable bonds is 8. The largest absolute Gasteiger partial charge is 0.0654 e. The van der Waals surface area contributed by atoms with Crippen molar-refractivity contribution in [3.8, 4) is 11.1 Å². The Labute approximate surface area is 154 Å². The van der Waals surface area contributed by atoms with Gasteiger partial charge in [0.1, 0.15) is 0 Å².